The maximum atomic E-state index is 12.9. The van der Waals surface area contributed by atoms with Gasteiger partial charge in [-0.25, -0.2) is 0 Å². The molecule has 6 heteroatoms. The molecule has 0 aromatic carbocycles. The van der Waals surface area contributed by atoms with Crippen molar-refractivity contribution in [2.75, 3.05) is 13.2 Å². The first-order valence-corrected chi connectivity index (χ1v) is 33.0. The number of esters is 3. The zero-order valence-electron chi connectivity index (χ0n) is 51.6. The van der Waals surface area contributed by atoms with Gasteiger partial charge in [0.25, 0.3) is 0 Å². The Morgan fingerprint density at radius 2 is 0.494 bits per heavy atom. The van der Waals surface area contributed by atoms with Crippen LogP contribution in [0.5, 0.6) is 0 Å². The van der Waals surface area contributed by atoms with Crippen LogP contribution >= 0.6 is 0 Å². The van der Waals surface area contributed by atoms with Gasteiger partial charge in [0.15, 0.2) is 6.10 Å². The van der Waals surface area contributed by atoms with E-state index in [1.165, 1.54) is 128 Å². The molecular weight excluding hydrogens is 973 g/mol. The molecule has 0 aliphatic rings. The Balaban J connectivity index is 4.41. The van der Waals surface area contributed by atoms with Gasteiger partial charge in [-0.3, -0.25) is 14.4 Å². The van der Waals surface area contributed by atoms with E-state index in [0.717, 1.165) is 135 Å². The van der Waals surface area contributed by atoms with Crippen molar-refractivity contribution in [3.63, 3.8) is 0 Å². The number of carbonyl (C=O) groups is 3. The molecule has 0 saturated carbocycles. The molecule has 1 unspecified atom stereocenters. The highest BCUT2D eigenvalue weighted by atomic mass is 16.6. The summed E-state index contributed by atoms with van der Waals surface area (Å²) in [6.07, 6.45) is 92.0. The van der Waals surface area contributed by atoms with Gasteiger partial charge in [-0.15, -0.1) is 0 Å². The molecular formula is C73H122O6. The van der Waals surface area contributed by atoms with Crippen molar-refractivity contribution in [1.82, 2.24) is 0 Å². The van der Waals surface area contributed by atoms with Crippen LogP contribution in [0, 0.1) is 0 Å². The molecule has 0 bridgehead atoms. The van der Waals surface area contributed by atoms with Crippen molar-refractivity contribution in [2.24, 2.45) is 0 Å². The smallest absolute Gasteiger partial charge is 0.306 e. The Hall–Kier alpha value is -4.19. The molecule has 79 heavy (non-hydrogen) atoms. The SMILES string of the molecule is CC/C=C\C/C=C\C/C=C\C/C=C\C/C=C\CCCCCCCCCCCC(=O)OCC(COC(=O)CCCCCCCCC/C=C\CCCCCCCC)OC(=O)CCCCCCCC/C=C\C/C=C\C/C=C\C/C=C\CC. The lowest BCUT2D eigenvalue weighted by Crippen LogP contribution is -2.30. The minimum absolute atomic E-state index is 0.0894. The molecule has 0 aliphatic carbocycles. The van der Waals surface area contributed by atoms with Crippen molar-refractivity contribution >= 4 is 17.9 Å². The molecule has 0 aliphatic heterocycles. The molecule has 0 N–H and O–H groups in total. The third-order valence-corrected chi connectivity index (χ3v) is 13.9. The van der Waals surface area contributed by atoms with Crippen LogP contribution in [-0.4, -0.2) is 37.2 Å². The summed E-state index contributed by atoms with van der Waals surface area (Å²) in [5, 5.41) is 0. The fourth-order valence-corrected chi connectivity index (χ4v) is 9.04. The highest BCUT2D eigenvalue weighted by Crippen LogP contribution is 2.16. The summed E-state index contributed by atoms with van der Waals surface area (Å²) in [5.41, 5.74) is 0. The van der Waals surface area contributed by atoms with Gasteiger partial charge in [-0.2, -0.15) is 0 Å². The summed E-state index contributed by atoms with van der Waals surface area (Å²) >= 11 is 0. The number of hydrogen-bond donors (Lipinski definition) is 0. The van der Waals surface area contributed by atoms with E-state index in [9.17, 15) is 14.4 Å². The minimum Gasteiger partial charge on any atom is -0.462 e. The number of allylic oxidation sites excluding steroid dienone is 20. The normalized spacial score (nSPS) is 12.9. The van der Waals surface area contributed by atoms with Crippen molar-refractivity contribution in [2.45, 2.75) is 309 Å². The highest BCUT2D eigenvalue weighted by Gasteiger charge is 2.19. The molecule has 0 rings (SSSR count). The van der Waals surface area contributed by atoms with Crippen LogP contribution in [0.15, 0.2) is 122 Å². The fraction of sp³-hybridized carbons (Fsp3) is 0.685. The minimum atomic E-state index is -0.795. The molecule has 0 spiro atoms. The standard InChI is InChI=1S/C73H122O6/c1-4-7-10-13-16-19-22-25-28-31-33-34-35-36-37-38-40-42-45-48-51-54-57-60-63-66-72(75)78-69-70(68-77-71(74)65-62-59-56-53-50-47-44-41-30-27-24-21-18-15-12-9-6-3)79-73(76)67-64-61-58-55-52-49-46-43-39-32-29-26-23-20-17-14-11-8-5-2/h7-8,10-11,16-17,19-20,25-30,33-34,36-37,39,43,70H,4-6,9,12-15,18,21-24,31-32,35,38,40-42,44-69H2,1-3H3/b10-7-,11-8-,19-16-,20-17-,28-25-,29-26-,30-27-,34-33-,37-36-,43-39-. The highest BCUT2D eigenvalue weighted by molar-refractivity contribution is 5.71. The van der Waals surface area contributed by atoms with Crippen LogP contribution in [0.1, 0.15) is 303 Å². The number of unbranched alkanes of at least 4 members (excludes halogenated alkanes) is 28. The average Bonchev–Trinajstić information content (AvgIpc) is 3.45. The lowest BCUT2D eigenvalue weighted by atomic mass is 10.1. The molecule has 0 heterocycles. The predicted molar refractivity (Wildman–Crippen MR) is 343 cm³/mol. The van der Waals surface area contributed by atoms with Gasteiger partial charge >= 0.3 is 17.9 Å². The summed E-state index contributed by atoms with van der Waals surface area (Å²) in [6, 6.07) is 0. The second-order valence-corrected chi connectivity index (χ2v) is 21.6. The van der Waals surface area contributed by atoms with E-state index < -0.39 is 6.10 Å². The molecule has 0 aromatic heterocycles. The number of rotatable bonds is 59. The number of ether oxygens (including phenoxy) is 3. The van der Waals surface area contributed by atoms with Crippen molar-refractivity contribution in [1.29, 1.82) is 0 Å². The first kappa shape index (κ1) is 74.8. The van der Waals surface area contributed by atoms with Crippen molar-refractivity contribution in [3.8, 4) is 0 Å². The first-order chi connectivity index (χ1) is 39.0. The molecule has 0 aromatic rings. The van der Waals surface area contributed by atoms with E-state index in [1.807, 2.05) is 0 Å². The molecule has 0 amide bonds. The fourth-order valence-electron chi connectivity index (χ4n) is 9.04. The topological polar surface area (TPSA) is 78.9 Å². The maximum Gasteiger partial charge on any atom is 0.306 e. The molecule has 6 nitrogen and oxygen atoms in total. The van der Waals surface area contributed by atoms with E-state index in [2.05, 4.69) is 142 Å². The van der Waals surface area contributed by atoms with Crippen LogP contribution in [0.3, 0.4) is 0 Å². The third kappa shape index (κ3) is 64.5. The molecule has 1 atom stereocenters. The van der Waals surface area contributed by atoms with Gasteiger partial charge in [0.05, 0.1) is 0 Å². The largest absolute Gasteiger partial charge is 0.462 e. The van der Waals surface area contributed by atoms with Crippen LogP contribution < -0.4 is 0 Å². The summed E-state index contributed by atoms with van der Waals surface area (Å²) in [5.74, 6) is -0.906. The average molecular weight is 1100 g/mol. The van der Waals surface area contributed by atoms with Gasteiger partial charge in [-0.05, 0) is 128 Å². The van der Waals surface area contributed by atoms with Crippen molar-refractivity contribution in [3.05, 3.63) is 122 Å². The maximum absolute atomic E-state index is 12.9. The van der Waals surface area contributed by atoms with E-state index in [1.54, 1.807) is 0 Å². The summed E-state index contributed by atoms with van der Waals surface area (Å²) in [6.45, 7) is 6.41. The van der Waals surface area contributed by atoms with E-state index >= 15 is 0 Å². The van der Waals surface area contributed by atoms with Crippen LogP contribution in [0.2, 0.25) is 0 Å². The molecule has 450 valence electrons. The quantitative estimate of drug-likeness (QED) is 0.0261. The summed E-state index contributed by atoms with van der Waals surface area (Å²) < 4.78 is 16.9. The Morgan fingerprint density at radius 1 is 0.266 bits per heavy atom. The number of hydrogen-bond acceptors (Lipinski definition) is 6. The van der Waals surface area contributed by atoms with E-state index in [0.29, 0.717) is 19.3 Å². The Kier molecular flexibility index (Phi) is 62.8. The molecule has 0 fully saturated rings. The zero-order valence-corrected chi connectivity index (χ0v) is 51.6. The van der Waals surface area contributed by atoms with Gasteiger partial charge < -0.3 is 14.2 Å². The van der Waals surface area contributed by atoms with Gasteiger partial charge in [0.2, 0.25) is 0 Å². The van der Waals surface area contributed by atoms with E-state index in [-0.39, 0.29) is 31.1 Å². The Bertz CT molecular complexity index is 1640. The second-order valence-electron chi connectivity index (χ2n) is 21.6. The lowest BCUT2D eigenvalue weighted by molar-refractivity contribution is -0.167. The van der Waals surface area contributed by atoms with Crippen molar-refractivity contribution < 1.29 is 28.6 Å². The monoisotopic (exact) mass is 1090 g/mol. The first-order valence-electron chi connectivity index (χ1n) is 33.0. The zero-order chi connectivity index (χ0) is 57.1. The number of carbonyl (C=O) groups excluding carboxylic acids is 3. The van der Waals surface area contributed by atoms with E-state index in [4.69, 9.17) is 14.2 Å². The summed E-state index contributed by atoms with van der Waals surface area (Å²) in [7, 11) is 0. The second kappa shape index (κ2) is 66.3. The predicted octanol–water partition coefficient (Wildman–Crippen LogP) is 22.8. The lowest BCUT2D eigenvalue weighted by Gasteiger charge is -2.18. The van der Waals surface area contributed by atoms with Crippen LogP contribution in [0.4, 0.5) is 0 Å². The Morgan fingerprint density at radius 3 is 0.785 bits per heavy atom. The molecule has 0 radical (unpaired) electrons. The van der Waals surface area contributed by atoms with Gasteiger partial charge in [-0.1, -0.05) is 277 Å². The Labute approximate surface area is 488 Å². The third-order valence-electron chi connectivity index (χ3n) is 13.9. The van der Waals surface area contributed by atoms with Crippen LogP contribution in [0.25, 0.3) is 0 Å². The van der Waals surface area contributed by atoms with Gasteiger partial charge in [0, 0.05) is 19.3 Å². The van der Waals surface area contributed by atoms with Crippen LogP contribution in [-0.2, 0) is 28.6 Å². The summed E-state index contributed by atoms with van der Waals surface area (Å²) in [4.78, 5) is 38.4. The van der Waals surface area contributed by atoms with Gasteiger partial charge in [0.1, 0.15) is 13.2 Å². The molecule has 0 saturated heterocycles.